The molecular formula is C23H21ClN4O2S. The van der Waals surface area contributed by atoms with E-state index in [9.17, 15) is 9.90 Å². The zero-order valence-electron chi connectivity index (χ0n) is 17.0. The molecule has 0 bridgehead atoms. The summed E-state index contributed by atoms with van der Waals surface area (Å²) < 4.78 is 4.23. The molecule has 0 atom stereocenters. The molecule has 31 heavy (non-hydrogen) atoms. The minimum Gasteiger partial charge on any atom is -0.477 e. The van der Waals surface area contributed by atoms with Crippen LogP contribution in [0.2, 0.25) is 5.02 Å². The Hall–Kier alpha value is -2.77. The number of carbonyl (C=O) groups is 1. The molecule has 0 spiro atoms. The zero-order valence-corrected chi connectivity index (χ0v) is 18.5. The zero-order chi connectivity index (χ0) is 21.5. The molecule has 0 radical (unpaired) electrons. The first-order chi connectivity index (χ1) is 15.0. The fourth-order valence-electron chi connectivity index (χ4n) is 3.88. The predicted octanol–water partition coefficient (Wildman–Crippen LogP) is 6.01. The molecule has 1 aliphatic rings. The van der Waals surface area contributed by atoms with Gasteiger partial charge in [0, 0.05) is 39.7 Å². The molecule has 0 aliphatic heterocycles. The summed E-state index contributed by atoms with van der Waals surface area (Å²) in [6.45, 7) is 3.00. The minimum atomic E-state index is -1.03. The number of benzene rings is 1. The summed E-state index contributed by atoms with van der Waals surface area (Å²) in [6.07, 6.45) is 7.25. The van der Waals surface area contributed by atoms with E-state index in [0.29, 0.717) is 16.0 Å². The molecule has 0 saturated heterocycles. The van der Waals surface area contributed by atoms with Gasteiger partial charge in [-0.2, -0.15) is 5.10 Å². The number of carboxylic acid groups (broad SMARTS) is 1. The lowest BCUT2D eigenvalue weighted by atomic mass is 10.2. The maximum Gasteiger partial charge on any atom is 0.354 e. The third-order valence-electron chi connectivity index (χ3n) is 5.36. The SMILES string of the molecule is CCCn1cc(-n2c(C3CC3)c(Sc3cccc(C(=O)O)n3)c3ccc(Cl)cc32)cn1. The lowest BCUT2D eigenvalue weighted by molar-refractivity contribution is 0.0689. The number of hydrogen-bond acceptors (Lipinski definition) is 4. The highest BCUT2D eigenvalue weighted by atomic mass is 35.5. The molecule has 1 aliphatic carbocycles. The lowest BCUT2D eigenvalue weighted by Gasteiger charge is -2.10. The Morgan fingerprint density at radius 3 is 2.87 bits per heavy atom. The number of aromatic nitrogens is 4. The largest absolute Gasteiger partial charge is 0.477 e. The number of aryl methyl sites for hydroxylation is 1. The molecule has 1 fully saturated rings. The van der Waals surface area contributed by atoms with E-state index >= 15 is 0 Å². The monoisotopic (exact) mass is 452 g/mol. The van der Waals surface area contributed by atoms with Crippen molar-refractivity contribution in [1.82, 2.24) is 19.3 Å². The first kappa shape index (κ1) is 20.2. The number of rotatable bonds is 7. The van der Waals surface area contributed by atoms with Gasteiger partial charge in [-0.1, -0.05) is 42.4 Å². The van der Waals surface area contributed by atoms with Crippen LogP contribution in [0.25, 0.3) is 16.6 Å². The highest BCUT2D eigenvalue weighted by molar-refractivity contribution is 7.99. The van der Waals surface area contributed by atoms with Gasteiger partial charge in [0.2, 0.25) is 0 Å². The second kappa shape index (κ2) is 8.05. The van der Waals surface area contributed by atoms with Crippen LogP contribution in [0.5, 0.6) is 0 Å². The Labute approximate surface area is 188 Å². The van der Waals surface area contributed by atoms with Gasteiger partial charge in [0.25, 0.3) is 0 Å². The predicted molar refractivity (Wildman–Crippen MR) is 122 cm³/mol. The van der Waals surface area contributed by atoms with E-state index in [2.05, 4.69) is 27.8 Å². The van der Waals surface area contributed by atoms with Gasteiger partial charge < -0.3 is 9.67 Å². The topological polar surface area (TPSA) is 72.9 Å². The molecular weight excluding hydrogens is 432 g/mol. The van der Waals surface area contributed by atoms with Gasteiger partial charge in [-0.15, -0.1) is 0 Å². The van der Waals surface area contributed by atoms with Crippen LogP contribution in [-0.2, 0) is 6.54 Å². The summed E-state index contributed by atoms with van der Waals surface area (Å²) >= 11 is 7.90. The van der Waals surface area contributed by atoms with Gasteiger partial charge in [-0.25, -0.2) is 9.78 Å². The second-order valence-corrected chi connectivity index (χ2v) is 9.18. The molecule has 1 saturated carbocycles. The Balaban J connectivity index is 1.70. The van der Waals surface area contributed by atoms with Gasteiger partial charge in [0.15, 0.2) is 0 Å². The first-order valence-electron chi connectivity index (χ1n) is 10.3. The van der Waals surface area contributed by atoms with Crippen molar-refractivity contribution in [3.63, 3.8) is 0 Å². The molecule has 4 aromatic rings. The normalized spacial score (nSPS) is 13.7. The number of hydrogen-bond donors (Lipinski definition) is 1. The highest BCUT2D eigenvalue weighted by Crippen LogP contribution is 2.50. The molecule has 1 aromatic carbocycles. The summed E-state index contributed by atoms with van der Waals surface area (Å²) in [5, 5.41) is 16.3. The van der Waals surface area contributed by atoms with Gasteiger partial charge >= 0.3 is 5.97 Å². The van der Waals surface area contributed by atoms with Crippen molar-refractivity contribution in [2.45, 2.75) is 48.6 Å². The smallest absolute Gasteiger partial charge is 0.354 e. The van der Waals surface area contributed by atoms with E-state index in [1.54, 1.807) is 6.07 Å². The molecule has 8 heteroatoms. The Bertz CT molecular complexity index is 1290. The number of fused-ring (bicyclic) bond motifs is 1. The lowest BCUT2D eigenvalue weighted by Crippen LogP contribution is -2.01. The maximum absolute atomic E-state index is 11.4. The maximum atomic E-state index is 11.4. The van der Waals surface area contributed by atoms with E-state index in [4.69, 9.17) is 11.6 Å². The van der Waals surface area contributed by atoms with Crippen LogP contribution in [0.3, 0.4) is 0 Å². The molecule has 3 aromatic heterocycles. The summed E-state index contributed by atoms with van der Waals surface area (Å²) in [5.41, 5.74) is 3.32. The van der Waals surface area contributed by atoms with Crippen molar-refractivity contribution in [2.75, 3.05) is 0 Å². The number of nitrogens with zero attached hydrogens (tertiary/aromatic N) is 4. The number of carboxylic acids is 1. The quantitative estimate of drug-likeness (QED) is 0.371. The van der Waals surface area contributed by atoms with E-state index in [-0.39, 0.29) is 5.69 Å². The van der Waals surface area contributed by atoms with Crippen LogP contribution in [0.1, 0.15) is 48.3 Å². The van der Waals surface area contributed by atoms with Crippen molar-refractivity contribution in [3.8, 4) is 5.69 Å². The number of aromatic carboxylic acids is 1. The fraction of sp³-hybridized carbons (Fsp3) is 0.261. The van der Waals surface area contributed by atoms with Crippen molar-refractivity contribution in [3.05, 3.63) is 65.2 Å². The molecule has 0 amide bonds. The minimum absolute atomic E-state index is 0.0468. The molecule has 1 N–H and O–H groups in total. The highest BCUT2D eigenvalue weighted by Gasteiger charge is 2.33. The Kier molecular flexibility index (Phi) is 5.24. The number of pyridine rings is 1. The average Bonchev–Trinajstić information content (AvgIpc) is 3.41. The summed E-state index contributed by atoms with van der Waals surface area (Å²) in [5.74, 6) is -0.576. The molecule has 5 rings (SSSR count). The van der Waals surface area contributed by atoms with Crippen molar-refractivity contribution < 1.29 is 9.90 Å². The Morgan fingerprint density at radius 1 is 1.29 bits per heavy atom. The van der Waals surface area contributed by atoms with Crippen molar-refractivity contribution in [2.24, 2.45) is 0 Å². The average molecular weight is 453 g/mol. The Morgan fingerprint density at radius 2 is 2.13 bits per heavy atom. The number of halogens is 1. The van der Waals surface area contributed by atoms with E-state index in [0.717, 1.165) is 47.3 Å². The summed E-state index contributed by atoms with van der Waals surface area (Å²) in [7, 11) is 0. The van der Waals surface area contributed by atoms with E-state index in [1.807, 2.05) is 35.1 Å². The third-order valence-corrected chi connectivity index (χ3v) is 6.67. The van der Waals surface area contributed by atoms with Crippen molar-refractivity contribution >= 4 is 40.2 Å². The van der Waals surface area contributed by atoms with E-state index < -0.39 is 5.97 Å². The molecule has 0 unspecified atom stereocenters. The van der Waals surface area contributed by atoms with Gasteiger partial charge in [0.1, 0.15) is 10.7 Å². The van der Waals surface area contributed by atoms with Crippen LogP contribution in [0.4, 0.5) is 0 Å². The second-order valence-electron chi connectivity index (χ2n) is 7.72. The van der Waals surface area contributed by atoms with Crippen LogP contribution in [0, 0.1) is 0 Å². The standard InChI is InChI=1S/C23H21ClN4O2S/c1-2-10-27-13-16(12-25-27)28-19-11-15(24)8-9-17(19)22(21(28)14-6-7-14)31-20-5-3-4-18(26-20)23(29)30/h3-5,8-9,11-14H,2,6-7,10H2,1H3,(H,29,30). The molecule has 6 nitrogen and oxygen atoms in total. The first-order valence-corrected chi connectivity index (χ1v) is 11.5. The molecule has 158 valence electrons. The van der Waals surface area contributed by atoms with Crippen LogP contribution in [0.15, 0.2) is 58.7 Å². The molecule has 3 heterocycles. The fourth-order valence-corrected chi connectivity index (χ4v) is 5.19. The van der Waals surface area contributed by atoms with Gasteiger partial charge in [0.05, 0.1) is 17.4 Å². The van der Waals surface area contributed by atoms with Gasteiger partial charge in [-0.05, 0) is 43.5 Å². The van der Waals surface area contributed by atoms with Crippen LogP contribution < -0.4 is 0 Å². The van der Waals surface area contributed by atoms with Crippen LogP contribution in [-0.4, -0.2) is 30.4 Å². The third kappa shape index (κ3) is 3.83. The van der Waals surface area contributed by atoms with Gasteiger partial charge in [-0.3, -0.25) is 4.68 Å². The van der Waals surface area contributed by atoms with Crippen LogP contribution >= 0.6 is 23.4 Å². The van der Waals surface area contributed by atoms with Crippen molar-refractivity contribution in [1.29, 1.82) is 0 Å². The summed E-state index contributed by atoms with van der Waals surface area (Å²) in [6, 6.07) is 11.0. The van der Waals surface area contributed by atoms with E-state index in [1.165, 1.54) is 23.5 Å². The summed E-state index contributed by atoms with van der Waals surface area (Å²) in [4.78, 5) is 16.8.